The van der Waals surface area contributed by atoms with Crippen LogP contribution in [0.1, 0.15) is 5.82 Å². The molecule has 0 fully saturated rings. The molecule has 21 heavy (non-hydrogen) atoms. The van der Waals surface area contributed by atoms with E-state index in [0.29, 0.717) is 0 Å². The fourth-order valence-corrected chi connectivity index (χ4v) is 2.04. The summed E-state index contributed by atoms with van der Waals surface area (Å²) in [7, 11) is 0. The molecule has 0 bridgehead atoms. The Hall–Kier alpha value is -3.20. The lowest BCUT2D eigenvalue weighted by atomic mass is 10.1. The smallest absolute Gasteiger partial charge is 0.252 e. The van der Waals surface area contributed by atoms with Crippen molar-refractivity contribution in [2.45, 2.75) is 6.54 Å². The van der Waals surface area contributed by atoms with Crippen molar-refractivity contribution in [3.63, 3.8) is 0 Å². The van der Waals surface area contributed by atoms with Crippen molar-refractivity contribution < 1.29 is 4.79 Å². The maximum atomic E-state index is 11.9. The Balaban J connectivity index is 1.72. The number of rotatable bonds is 3. The van der Waals surface area contributed by atoms with Gasteiger partial charge in [-0.05, 0) is 22.9 Å². The molecule has 3 rings (SSSR count). The molecule has 6 heteroatoms. The zero-order valence-corrected chi connectivity index (χ0v) is 11.0. The van der Waals surface area contributed by atoms with Crippen LogP contribution in [-0.4, -0.2) is 20.7 Å². The summed E-state index contributed by atoms with van der Waals surface area (Å²) in [5.41, 5.74) is 0.722. The Morgan fingerprint density at radius 1 is 1.24 bits per heavy atom. The van der Waals surface area contributed by atoms with E-state index in [1.807, 2.05) is 48.5 Å². The fourth-order valence-electron chi connectivity index (χ4n) is 2.04. The summed E-state index contributed by atoms with van der Waals surface area (Å²) >= 11 is 0. The van der Waals surface area contributed by atoms with Gasteiger partial charge in [-0.25, -0.2) is 9.67 Å². The van der Waals surface area contributed by atoms with Crippen LogP contribution in [0, 0.1) is 11.3 Å². The third kappa shape index (κ3) is 2.87. The van der Waals surface area contributed by atoms with Crippen LogP contribution < -0.4 is 5.32 Å². The second-order valence-electron chi connectivity index (χ2n) is 4.49. The normalized spacial score (nSPS) is 10.2. The van der Waals surface area contributed by atoms with E-state index in [4.69, 9.17) is 5.26 Å². The number of anilines is 1. The van der Waals surface area contributed by atoms with E-state index in [-0.39, 0.29) is 18.3 Å². The topological polar surface area (TPSA) is 83.6 Å². The summed E-state index contributed by atoms with van der Waals surface area (Å²) in [5.74, 6) is -0.173. The van der Waals surface area contributed by atoms with E-state index >= 15 is 0 Å². The minimum Gasteiger partial charge on any atom is -0.324 e. The van der Waals surface area contributed by atoms with Crippen molar-refractivity contribution in [1.29, 1.82) is 5.26 Å². The van der Waals surface area contributed by atoms with Crippen molar-refractivity contribution in [2.24, 2.45) is 0 Å². The summed E-state index contributed by atoms with van der Waals surface area (Å²) < 4.78 is 1.33. The van der Waals surface area contributed by atoms with Gasteiger partial charge in [0.05, 0.1) is 0 Å². The number of benzene rings is 2. The molecule has 1 N–H and O–H groups in total. The van der Waals surface area contributed by atoms with Gasteiger partial charge in [0, 0.05) is 5.69 Å². The third-order valence-electron chi connectivity index (χ3n) is 2.98. The number of fused-ring (bicyclic) bond motifs is 1. The van der Waals surface area contributed by atoms with Crippen LogP contribution in [0.25, 0.3) is 10.8 Å². The van der Waals surface area contributed by atoms with E-state index in [9.17, 15) is 4.79 Å². The average molecular weight is 277 g/mol. The minimum absolute atomic E-state index is 0.0154. The molecule has 2 aromatic carbocycles. The molecule has 1 aromatic heterocycles. The molecule has 0 saturated carbocycles. The zero-order valence-electron chi connectivity index (χ0n) is 11.0. The van der Waals surface area contributed by atoms with Gasteiger partial charge in [-0.3, -0.25) is 4.79 Å². The molecule has 0 aliphatic carbocycles. The first-order chi connectivity index (χ1) is 10.2. The van der Waals surface area contributed by atoms with Crippen molar-refractivity contribution in [2.75, 3.05) is 5.32 Å². The molecular formula is C15H11N5O. The van der Waals surface area contributed by atoms with Gasteiger partial charge in [-0.15, -0.1) is 5.10 Å². The number of aromatic nitrogens is 3. The lowest BCUT2D eigenvalue weighted by Crippen LogP contribution is -2.19. The summed E-state index contributed by atoms with van der Waals surface area (Å²) in [6, 6.07) is 15.5. The van der Waals surface area contributed by atoms with Crippen LogP contribution in [0.15, 0.2) is 48.8 Å². The largest absolute Gasteiger partial charge is 0.324 e. The number of nitriles is 1. The van der Waals surface area contributed by atoms with Crippen LogP contribution >= 0.6 is 0 Å². The summed E-state index contributed by atoms with van der Waals surface area (Å²) in [5, 5.41) is 17.4. The van der Waals surface area contributed by atoms with Gasteiger partial charge in [0.1, 0.15) is 18.9 Å². The molecule has 6 nitrogen and oxygen atoms in total. The number of nitrogens with zero attached hydrogens (tertiary/aromatic N) is 4. The van der Waals surface area contributed by atoms with Crippen molar-refractivity contribution in [3.05, 3.63) is 54.6 Å². The van der Waals surface area contributed by atoms with Gasteiger partial charge < -0.3 is 5.32 Å². The SMILES string of the molecule is N#Cc1ncn(CC(=O)Nc2ccc3ccccc3c2)n1. The van der Waals surface area contributed by atoms with Crippen LogP contribution in [0.3, 0.4) is 0 Å². The predicted octanol–water partition coefficient (Wildman–Crippen LogP) is 1.94. The molecule has 0 aliphatic heterocycles. The molecular weight excluding hydrogens is 266 g/mol. The van der Waals surface area contributed by atoms with E-state index in [2.05, 4.69) is 15.4 Å². The Morgan fingerprint density at radius 2 is 2.05 bits per heavy atom. The number of hydrogen-bond donors (Lipinski definition) is 1. The first-order valence-electron chi connectivity index (χ1n) is 6.33. The highest BCUT2D eigenvalue weighted by molar-refractivity contribution is 5.94. The lowest BCUT2D eigenvalue weighted by molar-refractivity contribution is -0.116. The van der Waals surface area contributed by atoms with Gasteiger partial charge in [-0.2, -0.15) is 5.26 Å². The zero-order chi connectivity index (χ0) is 14.7. The predicted molar refractivity (Wildman–Crippen MR) is 77.3 cm³/mol. The summed E-state index contributed by atoms with van der Waals surface area (Å²) in [6.45, 7) is 0.0154. The maximum Gasteiger partial charge on any atom is 0.252 e. The molecule has 0 atom stereocenters. The van der Waals surface area contributed by atoms with Gasteiger partial charge in [0.25, 0.3) is 5.82 Å². The average Bonchev–Trinajstić information content (AvgIpc) is 2.94. The quantitative estimate of drug-likeness (QED) is 0.793. The van der Waals surface area contributed by atoms with E-state index < -0.39 is 0 Å². The fraction of sp³-hybridized carbons (Fsp3) is 0.0667. The molecule has 0 aliphatic rings. The number of nitrogens with one attached hydrogen (secondary N) is 1. The highest BCUT2D eigenvalue weighted by atomic mass is 16.2. The molecule has 0 spiro atoms. The standard InChI is InChI=1S/C15H11N5O/c16-8-14-17-10-20(19-14)9-15(21)18-13-6-5-11-3-1-2-4-12(11)7-13/h1-7,10H,9H2,(H,18,21). The molecule has 1 amide bonds. The van der Waals surface area contributed by atoms with Gasteiger partial charge in [-0.1, -0.05) is 30.3 Å². The van der Waals surface area contributed by atoms with Crippen molar-refractivity contribution >= 4 is 22.4 Å². The molecule has 0 saturated heterocycles. The van der Waals surface area contributed by atoms with Crippen LogP contribution in [0.4, 0.5) is 5.69 Å². The number of carbonyl (C=O) groups is 1. The van der Waals surface area contributed by atoms with Crippen molar-refractivity contribution in [1.82, 2.24) is 14.8 Å². The summed E-state index contributed by atoms with van der Waals surface area (Å²) in [4.78, 5) is 15.7. The minimum atomic E-state index is -0.223. The van der Waals surface area contributed by atoms with Gasteiger partial charge >= 0.3 is 0 Å². The first-order valence-corrected chi connectivity index (χ1v) is 6.33. The highest BCUT2D eigenvalue weighted by Gasteiger charge is 2.06. The summed E-state index contributed by atoms with van der Waals surface area (Å²) in [6.07, 6.45) is 1.36. The third-order valence-corrected chi connectivity index (χ3v) is 2.98. The molecule has 1 heterocycles. The Bertz CT molecular complexity index is 846. The second kappa shape index (κ2) is 5.43. The maximum absolute atomic E-state index is 11.9. The number of hydrogen-bond acceptors (Lipinski definition) is 4. The van der Waals surface area contributed by atoms with E-state index in [0.717, 1.165) is 16.5 Å². The molecule has 0 radical (unpaired) electrons. The van der Waals surface area contributed by atoms with Crippen LogP contribution in [-0.2, 0) is 11.3 Å². The monoisotopic (exact) mass is 277 g/mol. The van der Waals surface area contributed by atoms with Gasteiger partial charge in [0.15, 0.2) is 0 Å². The lowest BCUT2D eigenvalue weighted by Gasteiger charge is -2.06. The van der Waals surface area contributed by atoms with Crippen LogP contribution in [0.2, 0.25) is 0 Å². The Labute approximate surface area is 120 Å². The van der Waals surface area contributed by atoms with E-state index in [1.165, 1.54) is 11.0 Å². The Morgan fingerprint density at radius 3 is 2.81 bits per heavy atom. The molecule has 0 unspecified atom stereocenters. The van der Waals surface area contributed by atoms with Gasteiger partial charge in [0.2, 0.25) is 5.91 Å². The Kier molecular flexibility index (Phi) is 3.31. The highest BCUT2D eigenvalue weighted by Crippen LogP contribution is 2.18. The first kappa shape index (κ1) is 12.8. The molecule has 102 valence electrons. The number of amides is 1. The van der Waals surface area contributed by atoms with Crippen molar-refractivity contribution in [3.8, 4) is 6.07 Å². The second-order valence-corrected chi connectivity index (χ2v) is 4.49. The number of carbonyl (C=O) groups excluding carboxylic acids is 1. The van der Waals surface area contributed by atoms with Crippen LogP contribution in [0.5, 0.6) is 0 Å². The molecule has 3 aromatic rings. The van der Waals surface area contributed by atoms with E-state index in [1.54, 1.807) is 0 Å².